The Labute approximate surface area is 85.0 Å². The number of nitrogens with two attached hydrogens (primary N) is 1. The second kappa shape index (κ2) is 8.81. The van der Waals surface area contributed by atoms with Gasteiger partial charge in [0.05, 0.1) is 12.7 Å². The molecule has 2 unspecified atom stereocenters. The van der Waals surface area contributed by atoms with Crippen LogP contribution in [0.3, 0.4) is 0 Å². The van der Waals surface area contributed by atoms with Crippen LogP contribution in [0.15, 0.2) is 0 Å². The molecule has 0 amide bonds. The van der Waals surface area contributed by atoms with E-state index in [0.717, 1.165) is 11.5 Å². The van der Waals surface area contributed by atoms with Crippen molar-refractivity contribution in [2.75, 3.05) is 31.3 Å². The number of hydrogen-bond acceptors (Lipinski definition) is 4. The number of rotatable bonds is 8. The van der Waals surface area contributed by atoms with E-state index in [1.54, 1.807) is 11.8 Å². The monoisotopic (exact) mass is 207 g/mol. The third kappa shape index (κ3) is 8.56. The molecule has 4 heteroatoms. The number of thioether (sulfide) groups is 1. The van der Waals surface area contributed by atoms with Crippen LogP contribution in [0, 0.1) is 5.92 Å². The van der Waals surface area contributed by atoms with E-state index >= 15 is 0 Å². The summed E-state index contributed by atoms with van der Waals surface area (Å²) in [5, 5.41) is 9.39. The third-order valence-corrected chi connectivity index (χ3v) is 3.05. The van der Waals surface area contributed by atoms with Gasteiger partial charge in [0.1, 0.15) is 0 Å². The smallest absolute Gasteiger partial charge is 0.0863 e. The largest absolute Gasteiger partial charge is 0.390 e. The molecule has 0 spiro atoms. The first-order chi connectivity index (χ1) is 6.20. The summed E-state index contributed by atoms with van der Waals surface area (Å²) in [4.78, 5) is 0. The third-order valence-electron chi connectivity index (χ3n) is 1.63. The Morgan fingerprint density at radius 3 is 2.69 bits per heavy atom. The van der Waals surface area contributed by atoms with E-state index in [2.05, 4.69) is 6.92 Å². The van der Waals surface area contributed by atoms with Gasteiger partial charge in [-0.15, -0.1) is 0 Å². The number of hydrogen-bond donors (Lipinski definition) is 2. The quantitative estimate of drug-likeness (QED) is 0.615. The standard InChI is InChI=1S/C9H21NO2S/c1-3-12-5-9(11)7-13-6-8(2)4-10/h8-9,11H,3-7,10H2,1-2H3. The van der Waals surface area contributed by atoms with Crippen molar-refractivity contribution in [3.8, 4) is 0 Å². The minimum atomic E-state index is -0.338. The van der Waals surface area contributed by atoms with Gasteiger partial charge in [-0.05, 0) is 25.1 Å². The second-order valence-corrected chi connectivity index (χ2v) is 4.27. The lowest BCUT2D eigenvalue weighted by molar-refractivity contribution is 0.0551. The van der Waals surface area contributed by atoms with E-state index in [1.807, 2.05) is 6.92 Å². The normalized spacial score (nSPS) is 15.7. The maximum atomic E-state index is 9.39. The van der Waals surface area contributed by atoms with E-state index in [9.17, 15) is 5.11 Å². The van der Waals surface area contributed by atoms with Gasteiger partial charge in [0.2, 0.25) is 0 Å². The Hall–Kier alpha value is 0.230. The molecule has 0 aromatic heterocycles. The lowest BCUT2D eigenvalue weighted by atomic mass is 10.2. The molecule has 13 heavy (non-hydrogen) atoms. The molecule has 0 fully saturated rings. The Kier molecular flexibility index (Phi) is 8.97. The summed E-state index contributed by atoms with van der Waals surface area (Å²) in [7, 11) is 0. The first-order valence-corrected chi connectivity index (χ1v) is 5.89. The fraction of sp³-hybridized carbons (Fsp3) is 1.00. The van der Waals surface area contributed by atoms with Crippen molar-refractivity contribution in [1.82, 2.24) is 0 Å². The highest BCUT2D eigenvalue weighted by Crippen LogP contribution is 2.08. The van der Waals surface area contributed by atoms with Crippen molar-refractivity contribution in [2.24, 2.45) is 11.7 Å². The maximum Gasteiger partial charge on any atom is 0.0863 e. The molecule has 0 aromatic rings. The van der Waals surface area contributed by atoms with Gasteiger partial charge >= 0.3 is 0 Å². The second-order valence-electron chi connectivity index (χ2n) is 3.19. The fourth-order valence-corrected chi connectivity index (χ4v) is 1.82. The average molecular weight is 207 g/mol. The number of aliphatic hydroxyl groups is 1. The van der Waals surface area contributed by atoms with Gasteiger partial charge in [-0.3, -0.25) is 0 Å². The maximum absolute atomic E-state index is 9.39. The zero-order chi connectivity index (χ0) is 10.1. The molecule has 0 heterocycles. The first kappa shape index (κ1) is 13.2. The summed E-state index contributed by atoms with van der Waals surface area (Å²) in [5.41, 5.74) is 5.47. The minimum Gasteiger partial charge on any atom is -0.390 e. The van der Waals surface area contributed by atoms with E-state index in [1.165, 1.54) is 0 Å². The molecule has 0 radical (unpaired) electrons. The van der Waals surface area contributed by atoms with Crippen LogP contribution in [0.4, 0.5) is 0 Å². The van der Waals surface area contributed by atoms with E-state index in [-0.39, 0.29) is 6.10 Å². The number of ether oxygens (including phenoxy) is 1. The topological polar surface area (TPSA) is 55.5 Å². The molecular formula is C9H21NO2S. The zero-order valence-electron chi connectivity index (χ0n) is 8.53. The summed E-state index contributed by atoms with van der Waals surface area (Å²) in [6.45, 7) is 5.87. The van der Waals surface area contributed by atoms with Gasteiger partial charge in [0, 0.05) is 12.4 Å². The van der Waals surface area contributed by atoms with Crippen molar-refractivity contribution in [2.45, 2.75) is 20.0 Å². The highest BCUT2D eigenvalue weighted by Gasteiger charge is 2.05. The van der Waals surface area contributed by atoms with E-state index in [4.69, 9.17) is 10.5 Å². The summed E-state index contributed by atoms with van der Waals surface area (Å²) in [6.07, 6.45) is -0.338. The van der Waals surface area contributed by atoms with Crippen molar-refractivity contribution < 1.29 is 9.84 Å². The lowest BCUT2D eigenvalue weighted by Crippen LogP contribution is -2.20. The molecular weight excluding hydrogens is 186 g/mol. The van der Waals surface area contributed by atoms with Crippen molar-refractivity contribution in [1.29, 1.82) is 0 Å². The van der Waals surface area contributed by atoms with E-state index < -0.39 is 0 Å². The van der Waals surface area contributed by atoms with Crippen LogP contribution in [0.25, 0.3) is 0 Å². The van der Waals surface area contributed by atoms with Crippen molar-refractivity contribution in [3.63, 3.8) is 0 Å². The van der Waals surface area contributed by atoms with Crippen LogP contribution in [0.1, 0.15) is 13.8 Å². The SMILES string of the molecule is CCOCC(O)CSCC(C)CN. The molecule has 0 aliphatic heterocycles. The van der Waals surface area contributed by atoms with Crippen LogP contribution < -0.4 is 5.73 Å². The van der Waals surface area contributed by atoms with Gasteiger partial charge < -0.3 is 15.6 Å². The molecule has 0 aliphatic rings. The first-order valence-electron chi connectivity index (χ1n) is 4.74. The molecule has 0 saturated heterocycles. The van der Waals surface area contributed by atoms with Crippen LogP contribution in [0.2, 0.25) is 0 Å². The minimum absolute atomic E-state index is 0.338. The molecule has 0 aromatic carbocycles. The van der Waals surface area contributed by atoms with Crippen LogP contribution >= 0.6 is 11.8 Å². The molecule has 0 saturated carbocycles. The Morgan fingerprint density at radius 2 is 2.15 bits per heavy atom. The van der Waals surface area contributed by atoms with Gasteiger partial charge in [-0.25, -0.2) is 0 Å². The number of aliphatic hydroxyl groups excluding tert-OH is 1. The van der Waals surface area contributed by atoms with Gasteiger partial charge in [-0.2, -0.15) is 11.8 Å². The Balaban J connectivity index is 3.21. The van der Waals surface area contributed by atoms with Gasteiger partial charge in [0.15, 0.2) is 0 Å². The molecule has 0 bridgehead atoms. The van der Waals surface area contributed by atoms with E-state index in [0.29, 0.717) is 25.7 Å². The summed E-state index contributed by atoms with van der Waals surface area (Å²) < 4.78 is 5.09. The average Bonchev–Trinajstić information content (AvgIpc) is 2.14. The predicted octanol–water partition coefficient (Wildman–Crippen LogP) is 0.712. The molecule has 0 rings (SSSR count). The van der Waals surface area contributed by atoms with Crippen LogP contribution in [-0.4, -0.2) is 42.5 Å². The predicted molar refractivity (Wildman–Crippen MR) is 58.0 cm³/mol. The summed E-state index contributed by atoms with van der Waals surface area (Å²) in [5.74, 6) is 2.29. The van der Waals surface area contributed by atoms with Crippen LogP contribution in [0.5, 0.6) is 0 Å². The van der Waals surface area contributed by atoms with Crippen LogP contribution in [-0.2, 0) is 4.74 Å². The molecule has 2 atom stereocenters. The van der Waals surface area contributed by atoms with Crippen molar-refractivity contribution >= 4 is 11.8 Å². The highest BCUT2D eigenvalue weighted by atomic mass is 32.2. The van der Waals surface area contributed by atoms with Gasteiger partial charge in [0.25, 0.3) is 0 Å². The lowest BCUT2D eigenvalue weighted by Gasteiger charge is -2.11. The Morgan fingerprint density at radius 1 is 1.46 bits per heavy atom. The zero-order valence-corrected chi connectivity index (χ0v) is 9.35. The molecule has 80 valence electrons. The summed E-state index contributed by atoms with van der Waals surface area (Å²) >= 11 is 1.73. The Bertz CT molecular complexity index is 114. The van der Waals surface area contributed by atoms with Gasteiger partial charge in [-0.1, -0.05) is 6.92 Å². The van der Waals surface area contributed by atoms with Crippen molar-refractivity contribution in [3.05, 3.63) is 0 Å². The summed E-state index contributed by atoms with van der Waals surface area (Å²) in [6, 6.07) is 0. The molecule has 3 N–H and O–H groups in total. The molecule has 3 nitrogen and oxygen atoms in total. The fourth-order valence-electron chi connectivity index (χ4n) is 0.775. The highest BCUT2D eigenvalue weighted by molar-refractivity contribution is 7.99. The molecule has 0 aliphatic carbocycles.